The Morgan fingerprint density at radius 1 is 1.24 bits per heavy atom. The first-order valence-corrected chi connectivity index (χ1v) is 9.79. The van der Waals surface area contributed by atoms with Crippen LogP contribution < -0.4 is 4.74 Å². The molecule has 4 rings (SSSR count). The van der Waals surface area contributed by atoms with E-state index >= 15 is 0 Å². The molecule has 2 atom stereocenters. The van der Waals surface area contributed by atoms with Gasteiger partial charge in [0.15, 0.2) is 0 Å². The minimum atomic E-state index is 0.123. The van der Waals surface area contributed by atoms with Gasteiger partial charge in [0, 0.05) is 51.1 Å². The number of likely N-dealkylation sites (tertiary alicyclic amines) is 1. The van der Waals surface area contributed by atoms with Gasteiger partial charge in [-0.25, -0.2) is 0 Å². The van der Waals surface area contributed by atoms with Gasteiger partial charge in [-0.1, -0.05) is 0 Å². The van der Waals surface area contributed by atoms with Gasteiger partial charge in [0.2, 0.25) is 0 Å². The molecule has 0 bridgehead atoms. The zero-order valence-corrected chi connectivity index (χ0v) is 15.1. The molecule has 0 amide bonds. The first kappa shape index (κ1) is 17.3. The normalized spacial score (nSPS) is 31.4. The summed E-state index contributed by atoms with van der Waals surface area (Å²) in [4.78, 5) is 6.82. The molecule has 3 aliphatic rings. The lowest BCUT2D eigenvalue weighted by molar-refractivity contribution is -0.142. The summed E-state index contributed by atoms with van der Waals surface area (Å²) in [5, 5.41) is 0. The van der Waals surface area contributed by atoms with Crippen LogP contribution in [-0.4, -0.2) is 62.0 Å². The second-order valence-corrected chi connectivity index (χ2v) is 7.88. The molecule has 1 aromatic rings. The summed E-state index contributed by atoms with van der Waals surface area (Å²) in [5.74, 6) is 1.65. The quantitative estimate of drug-likeness (QED) is 0.820. The summed E-state index contributed by atoms with van der Waals surface area (Å²) in [6, 6.07) is 3.92. The predicted molar refractivity (Wildman–Crippen MR) is 95.7 cm³/mol. The minimum absolute atomic E-state index is 0.123. The highest BCUT2D eigenvalue weighted by Gasteiger charge is 2.46. The Bertz CT molecular complexity index is 535. The van der Waals surface area contributed by atoms with E-state index in [9.17, 15) is 0 Å². The van der Waals surface area contributed by atoms with E-state index in [1.807, 2.05) is 12.1 Å². The summed E-state index contributed by atoms with van der Waals surface area (Å²) in [5.41, 5.74) is 0.123. The number of hydrogen-bond acceptors (Lipinski definition) is 5. The number of ether oxygens (including phenoxy) is 3. The summed E-state index contributed by atoms with van der Waals surface area (Å²) in [7, 11) is 0. The Morgan fingerprint density at radius 2 is 2.16 bits per heavy atom. The molecule has 25 heavy (non-hydrogen) atoms. The minimum Gasteiger partial charge on any atom is -0.491 e. The second-order valence-electron chi connectivity index (χ2n) is 7.88. The Hall–Kier alpha value is -1.17. The molecule has 3 saturated heterocycles. The molecule has 0 aromatic carbocycles. The number of nitrogens with zero attached hydrogens (tertiary/aromatic N) is 2. The van der Waals surface area contributed by atoms with Gasteiger partial charge >= 0.3 is 0 Å². The van der Waals surface area contributed by atoms with E-state index in [0.717, 1.165) is 64.0 Å². The molecule has 2 unspecified atom stereocenters. The maximum Gasteiger partial charge on any atom is 0.137 e. The molecule has 0 spiro atoms. The Labute approximate surface area is 150 Å². The molecular formula is C20H30N2O3. The van der Waals surface area contributed by atoms with Crippen LogP contribution in [0.15, 0.2) is 24.5 Å². The van der Waals surface area contributed by atoms with Crippen LogP contribution in [0.5, 0.6) is 5.75 Å². The van der Waals surface area contributed by atoms with Crippen molar-refractivity contribution in [3.05, 3.63) is 24.5 Å². The van der Waals surface area contributed by atoms with Gasteiger partial charge in [0.25, 0.3) is 0 Å². The molecule has 3 aliphatic heterocycles. The van der Waals surface area contributed by atoms with Crippen molar-refractivity contribution in [1.29, 1.82) is 0 Å². The van der Waals surface area contributed by atoms with Crippen LogP contribution in [0.2, 0.25) is 0 Å². The monoisotopic (exact) mass is 346 g/mol. The van der Waals surface area contributed by atoms with E-state index in [1.165, 1.54) is 25.8 Å². The van der Waals surface area contributed by atoms with Gasteiger partial charge in [-0.3, -0.25) is 4.98 Å². The van der Waals surface area contributed by atoms with Crippen molar-refractivity contribution in [1.82, 2.24) is 9.88 Å². The number of rotatable bonds is 5. The summed E-state index contributed by atoms with van der Waals surface area (Å²) >= 11 is 0. The highest BCUT2D eigenvalue weighted by molar-refractivity contribution is 5.16. The van der Waals surface area contributed by atoms with E-state index in [0.29, 0.717) is 6.10 Å². The summed E-state index contributed by atoms with van der Waals surface area (Å²) in [6.45, 7) is 6.93. The predicted octanol–water partition coefficient (Wildman–Crippen LogP) is 2.76. The van der Waals surface area contributed by atoms with Crippen LogP contribution in [-0.2, 0) is 9.47 Å². The van der Waals surface area contributed by atoms with E-state index in [4.69, 9.17) is 14.2 Å². The zero-order valence-electron chi connectivity index (χ0n) is 15.1. The third kappa shape index (κ3) is 4.15. The molecule has 0 N–H and O–H groups in total. The van der Waals surface area contributed by atoms with E-state index in [2.05, 4.69) is 9.88 Å². The third-order valence-electron chi connectivity index (χ3n) is 6.09. The first-order valence-electron chi connectivity index (χ1n) is 9.79. The molecule has 0 radical (unpaired) electrons. The van der Waals surface area contributed by atoms with Crippen LogP contribution in [0.3, 0.4) is 0 Å². The smallest absolute Gasteiger partial charge is 0.137 e. The molecule has 4 heterocycles. The van der Waals surface area contributed by atoms with Crippen molar-refractivity contribution in [2.24, 2.45) is 11.3 Å². The van der Waals surface area contributed by atoms with Crippen LogP contribution in [0.4, 0.5) is 0 Å². The molecule has 5 heteroatoms. The molecule has 138 valence electrons. The lowest BCUT2D eigenvalue weighted by atomic mass is 9.72. The van der Waals surface area contributed by atoms with Crippen molar-refractivity contribution in [3.63, 3.8) is 0 Å². The maximum absolute atomic E-state index is 6.17. The van der Waals surface area contributed by atoms with Gasteiger partial charge in [-0.05, 0) is 50.2 Å². The van der Waals surface area contributed by atoms with Crippen molar-refractivity contribution in [2.45, 2.75) is 38.2 Å². The molecule has 0 saturated carbocycles. The van der Waals surface area contributed by atoms with Crippen molar-refractivity contribution >= 4 is 0 Å². The van der Waals surface area contributed by atoms with Crippen LogP contribution in [0, 0.1) is 11.3 Å². The Morgan fingerprint density at radius 3 is 3.00 bits per heavy atom. The highest BCUT2D eigenvalue weighted by Crippen LogP contribution is 2.41. The van der Waals surface area contributed by atoms with Crippen molar-refractivity contribution in [3.8, 4) is 5.75 Å². The molecule has 5 nitrogen and oxygen atoms in total. The van der Waals surface area contributed by atoms with Crippen molar-refractivity contribution in [2.75, 3.05) is 46.1 Å². The SMILES string of the molecule is c1cncc(OCC23CCCOC2CCN(CC2CCOCC2)C3)c1. The number of aromatic nitrogens is 1. The van der Waals surface area contributed by atoms with Crippen LogP contribution in [0.1, 0.15) is 32.1 Å². The Balaban J connectivity index is 1.41. The third-order valence-corrected chi connectivity index (χ3v) is 6.09. The van der Waals surface area contributed by atoms with Gasteiger partial charge in [0.05, 0.1) is 18.9 Å². The fourth-order valence-corrected chi connectivity index (χ4v) is 4.70. The molecule has 1 aromatic heterocycles. The first-order chi connectivity index (χ1) is 12.3. The van der Waals surface area contributed by atoms with Crippen LogP contribution >= 0.6 is 0 Å². The van der Waals surface area contributed by atoms with Gasteiger partial charge < -0.3 is 19.1 Å². The van der Waals surface area contributed by atoms with E-state index in [-0.39, 0.29) is 5.41 Å². The van der Waals surface area contributed by atoms with Gasteiger partial charge in [-0.15, -0.1) is 0 Å². The fourth-order valence-electron chi connectivity index (χ4n) is 4.70. The molecular weight excluding hydrogens is 316 g/mol. The Kier molecular flexibility index (Phi) is 5.54. The van der Waals surface area contributed by atoms with Crippen LogP contribution in [0.25, 0.3) is 0 Å². The average molecular weight is 346 g/mol. The van der Waals surface area contributed by atoms with Gasteiger partial charge in [0.1, 0.15) is 5.75 Å². The molecule has 3 fully saturated rings. The largest absolute Gasteiger partial charge is 0.491 e. The maximum atomic E-state index is 6.17. The van der Waals surface area contributed by atoms with E-state index < -0.39 is 0 Å². The highest BCUT2D eigenvalue weighted by atomic mass is 16.5. The summed E-state index contributed by atoms with van der Waals surface area (Å²) < 4.78 is 17.8. The van der Waals surface area contributed by atoms with Crippen molar-refractivity contribution < 1.29 is 14.2 Å². The van der Waals surface area contributed by atoms with Gasteiger partial charge in [-0.2, -0.15) is 0 Å². The second kappa shape index (κ2) is 8.02. The number of pyridine rings is 1. The molecule has 0 aliphatic carbocycles. The zero-order chi connectivity index (χ0) is 17.0. The standard InChI is InChI=1S/C20H30N2O3/c1-3-18(13-21-8-1)25-16-20-7-2-10-24-19(20)4-9-22(15-20)14-17-5-11-23-12-6-17/h1,3,8,13,17,19H,2,4-7,9-12,14-16H2. The number of piperidine rings is 1. The lowest BCUT2D eigenvalue weighted by Crippen LogP contribution is -2.58. The topological polar surface area (TPSA) is 43.8 Å². The number of fused-ring (bicyclic) bond motifs is 1. The lowest BCUT2D eigenvalue weighted by Gasteiger charge is -2.50. The van der Waals surface area contributed by atoms with E-state index in [1.54, 1.807) is 12.4 Å². The fraction of sp³-hybridized carbons (Fsp3) is 0.750. The number of hydrogen-bond donors (Lipinski definition) is 0. The average Bonchev–Trinajstić information content (AvgIpc) is 2.68. The summed E-state index contributed by atoms with van der Waals surface area (Å²) in [6.07, 6.45) is 9.79.